The molecule has 0 aliphatic heterocycles. The number of carbonyl (C=O) groups is 1. The van der Waals surface area contributed by atoms with Crippen molar-refractivity contribution in [2.75, 3.05) is 0 Å². The number of halogens is 1. The van der Waals surface area contributed by atoms with E-state index in [-0.39, 0.29) is 6.42 Å². The summed E-state index contributed by atoms with van der Waals surface area (Å²) in [5.41, 5.74) is 6.38. The van der Waals surface area contributed by atoms with Crippen molar-refractivity contribution in [3.05, 3.63) is 22.4 Å². The lowest BCUT2D eigenvalue weighted by molar-refractivity contribution is -0.137. The molecule has 4 nitrogen and oxygen atoms in total. The second-order valence-electron chi connectivity index (χ2n) is 2.49. The van der Waals surface area contributed by atoms with Crippen LogP contribution >= 0.6 is 15.9 Å². The van der Waals surface area contributed by atoms with Gasteiger partial charge in [-0.25, -0.2) is 0 Å². The van der Waals surface area contributed by atoms with Crippen molar-refractivity contribution in [2.45, 2.75) is 12.5 Å². The maximum Gasteiger partial charge on any atom is 0.305 e. The molecule has 1 aromatic rings. The maximum absolute atomic E-state index is 10.3. The molecule has 66 valence electrons. The molecular weight excluding hydrogens is 224 g/mol. The summed E-state index contributed by atoms with van der Waals surface area (Å²) in [7, 11) is 0. The van der Waals surface area contributed by atoms with Crippen molar-refractivity contribution >= 4 is 21.9 Å². The number of carboxylic acid groups (broad SMARTS) is 1. The van der Waals surface area contributed by atoms with Gasteiger partial charge in [-0.05, 0) is 27.6 Å². The number of H-pyrrole nitrogens is 1. The average molecular weight is 233 g/mol. The van der Waals surface area contributed by atoms with Crippen molar-refractivity contribution in [3.63, 3.8) is 0 Å². The number of hydrogen-bond donors (Lipinski definition) is 3. The Morgan fingerprint density at radius 3 is 2.92 bits per heavy atom. The lowest BCUT2D eigenvalue weighted by Gasteiger charge is -2.04. The molecule has 0 saturated carbocycles. The molecule has 1 unspecified atom stereocenters. The summed E-state index contributed by atoms with van der Waals surface area (Å²) in [5.74, 6) is -0.889. The minimum atomic E-state index is -0.889. The molecular formula is C7H9BrN2O2. The lowest BCUT2D eigenvalue weighted by atomic mass is 10.1. The van der Waals surface area contributed by atoms with E-state index in [1.165, 1.54) is 0 Å². The first kappa shape index (κ1) is 9.28. The van der Waals surface area contributed by atoms with E-state index in [1.807, 2.05) is 0 Å². The van der Waals surface area contributed by atoms with E-state index in [0.29, 0.717) is 0 Å². The predicted molar refractivity (Wildman–Crippen MR) is 47.7 cm³/mol. The smallest absolute Gasteiger partial charge is 0.305 e. The summed E-state index contributed by atoms with van der Waals surface area (Å²) in [4.78, 5) is 13.2. The molecule has 0 aromatic carbocycles. The van der Waals surface area contributed by atoms with Gasteiger partial charge in [-0.3, -0.25) is 4.79 Å². The van der Waals surface area contributed by atoms with Crippen LogP contribution < -0.4 is 5.73 Å². The van der Waals surface area contributed by atoms with Gasteiger partial charge in [-0.2, -0.15) is 0 Å². The second kappa shape index (κ2) is 3.73. The Bertz CT molecular complexity index is 285. The molecule has 0 bridgehead atoms. The highest BCUT2D eigenvalue weighted by Gasteiger charge is 2.11. The Labute approximate surface area is 77.9 Å². The number of aliphatic carboxylic acids is 1. The van der Waals surface area contributed by atoms with Gasteiger partial charge in [0.05, 0.1) is 11.0 Å². The van der Waals surface area contributed by atoms with Gasteiger partial charge < -0.3 is 15.8 Å². The molecule has 0 saturated heterocycles. The molecule has 0 radical (unpaired) electrons. The van der Waals surface area contributed by atoms with Gasteiger partial charge in [0.1, 0.15) is 0 Å². The topological polar surface area (TPSA) is 79.1 Å². The third-order valence-corrected chi connectivity index (χ3v) is 1.95. The molecule has 0 aliphatic carbocycles. The van der Waals surface area contributed by atoms with Crippen LogP contribution in [0.25, 0.3) is 0 Å². The van der Waals surface area contributed by atoms with Gasteiger partial charge in [0.15, 0.2) is 0 Å². The van der Waals surface area contributed by atoms with E-state index in [1.54, 1.807) is 12.3 Å². The summed E-state index contributed by atoms with van der Waals surface area (Å²) in [6, 6.07) is 1.33. The van der Waals surface area contributed by atoms with Crippen molar-refractivity contribution < 1.29 is 9.90 Å². The van der Waals surface area contributed by atoms with Gasteiger partial charge >= 0.3 is 5.97 Å². The summed E-state index contributed by atoms with van der Waals surface area (Å²) < 4.78 is 0.804. The molecule has 0 aliphatic rings. The van der Waals surface area contributed by atoms with Gasteiger partial charge in [0, 0.05) is 12.2 Å². The minimum Gasteiger partial charge on any atom is -0.481 e. The zero-order valence-corrected chi connectivity index (χ0v) is 7.84. The van der Waals surface area contributed by atoms with Crippen LogP contribution in [0.3, 0.4) is 0 Å². The zero-order chi connectivity index (χ0) is 9.14. The van der Waals surface area contributed by atoms with Crippen molar-refractivity contribution in [3.8, 4) is 0 Å². The molecule has 0 fully saturated rings. The van der Waals surface area contributed by atoms with Gasteiger partial charge in [-0.1, -0.05) is 0 Å². The number of carboxylic acids is 1. The molecule has 12 heavy (non-hydrogen) atoms. The second-order valence-corrected chi connectivity index (χ2v) is 3.34. The van der Waals surface area contributed by atoms with Crippen LogP contribution in [0.5, 0.6) is 0 Å². The number of nitrogens with one attached hydrogen (secondary N) is 1. The highest BCUT2D eigenvalue weighted by Crippen LogP contribution is 2.17. The first-order valence-electron chi connectivity index (χ1n) is 3.41. The first-order chi connectivity index (χ1) is 5.59. The molecule has 0 spiro atoms. The fourth-order valence-corrected chi connectivity index (χ4v) is 1.28. The Balaban J connectivity index is 2.64. The standard InChI is InChI=1S/C7H9BrN2O2/c8-6-1-4(3-10-6)5(9)2-7(11)12/h1,3,5,10H,2,9H2,(H,11,12). The Morgan fingerprint density at radius 2 is 2.50 bits per heavy atom. The molecule has 5 heteroatoms. The van der Waals surface area contributed by atoms with Gasteiger partial charge in [-0.15, -0.1) is 0 Å². The highest BCUT2D eigenvalue weighted by molar-refractivity contribution is 9.10. The molecule has 0 amide bonds. The van der Waals surface area contributed by atoms with Crippen LogP contribution in [-0.4, -0.2) is 16.1 Å². The molecule has 1 heterocycles. The van der Waals surface area contributed by atoms with Crippen LogP contribution in [0, 0.1) is 0 Å². The van der Waals surface area contributed by atoms with E-state index in [2.05, 4.69) is 20.9 Å². The normalized spacial score (nSPS) is 12.8. The van der Waals surface area contributed by atoms with E-state index in [4.69, 9.17) is 10.8 Å². The maximum atomic E-state index is 10.3. The zero-order valence-electron chi connectivity index (χ0n) is 6.25. The number of aromatic nitrogens is 1. The SMILES string of the molecule is NC(CC(=O)O)c1c[nH]c(Br)c1. The Morgan fingerprint density at radius 1 is 1.83 bits per heavy atom. The third kappa shape index (κ3) is 2.35. The van der Waals surface area contributed by atoms with Crippen LogP contribution in [0.1, 0.15) is 18.0 Å². The molecule has 4 N–H and O–H groups in total. The van der Waals surface area contributed by atoms with Gasteiger partial charge in [0.25, 0.3) is 0 Å². The quantitative estimate of drug-likeness (QED) is 0.735. The van der Waals surface area contributed by atoms with Crippen molar-refractivity contribution in [1.82, 2.24) is 4.98 Å². The summed E-state index contributed by atoms with van der Waals surface area (Å²) >= 11 is 3.21. The predicted octanol–water partition coefficient (Wildman–Crippen LogP) is 1.25. The van der Waals surface area contributed by atoms with E-state index < -0.39 is 12.0 Å². The largest absolute Gasteiger partial charge is 0.481 e. The lowest BCUT2D eigenvalue weighted by Crippen LogP contribution is -2.14. The number of hydrogen-bond acceptors (Lipinski definition) is 2. The minimum absolute atomic E-state index is 0.0513. The van der Waals surface area contributed by atoms with E-state index in [0.717, 1.165) is 10.2 Å². The third-order valence-electron chi connectivity index (χ3n) is 1.49. The van der Waals surface area contributed by atoms with Crippen LogP contribution in [-0.2, 0) is 4.79 Å². The van der Waals surface area contributed by atoms with Crippen LogP contribution in [0.4, 0.5) is 0 Å². The summed E-state index contributed by atoms with van der Waals surface area (Å²) in [6.45, 7) is 0. The Hall–Kier alpha value is -0.810. The molecule has 1 rings (SSSR count). The number of nitrogens with two attached hydrogens (primary N) is 1. The Kier molecular flexibility index (Phi) is 2.88. The molecule has 1 aromatic heterocycles. The highest BCUT2D eigenvalue weighted by atomic mass is 79.9. The first-order valence-corrected chi connectivity index (χ1v) is 4.20. The summed E-state index contributed by atoms with van der Waals surface area (Å²) in [6.07, 6.45) is 1.64. The number of aromatic amines is 1. The number of rotatable bonds is 3. The van der Waals surface area contributed by atoms with Crippen LogP contribution in [0.15, 0.2) is 16.9 Å². The molecule has 1 atom stereocenters. The fourth-order valence-electron chi connectivity index (χ4n) is 0.902. The monoisotopic (exact) mass is 232 g/mol. The van der Waals surface area contributed by atoms with Crippen molar-refractivity contribution in [1.29, 1.82) is 0 Å². The van der Waals surface area contributed by atoms with Crippen LogP contribution in [0.2, 0.25) is 0 Å². The average Bonchev–Trinajstić information content (AvgIpc) is 2.34. The van der Waals surface area contributed by atoms with Gasteiger partial charge in [0.2, 0.25) is 0 Å². The van der Waals surface area contributed by atoms with E-state index >= 15 is 0 Å². The van der Waals surface area contributed by atoms with E-state index in [9.17, 15) is 4.79 Å². The van der Waals surface area contributed by atoms with Crippen molar-refractivity contribution in [2.24, 2.45) is 5.73 Å². The summed E-state index contributed by atoms with van der Waals surface area (Å²) in [5, 5.41) is 8.45. The fraction of sp³-hybridized carbons (Fsp3) is 0.286.